The first kappa shape index (κ1) is 14.0. The van der Waals surface area contributed by atoms with E-state index in [0.29, 0.717) is 0 Å². The third-order valence-corrected chi connectivity index (χ3v) is 3.57. The fourth-order valence-electron chi connectivity index (χ4n) is 2.03. The molecule has 1 heterocycles. The maximum Gasteiger partial charge on any atom is 0.0522 e. The molecule has 6 heteroatoms. The van der Waals surface area contributed by atoms with Crippen molar-refractivity contribution < 1.29 is 0 Å². The zero-order valence-electron chi connectivity index (χ0n) is 10.8. The van der Waals surface area contributed by atoms with E-state index in [1.54, 1.807) is 0 Å². The molecule has 5 nitrogen and oxygen atoms in total. The highest BCUT2D eigenvalue weighted by Gasteiger charge is 2.15. The Morgan fingerprint density at radius 3 is 2.89 bits per heavy atom. The van der Waals surface area contributed by atoms with Crippen LogP contribution in [0.4, 0.5) is 5.69 Å². The molecule has 5 N–H and O–H groups in total. The van der Waals surface area contributed by atoms with Crippen molar-refractivity contribution in [1.82, 2.24) is 15.2 Å². The molecule has 1 unspecified atom stereocenters. The monoisotopic (exact) mass is 323 g/mol. The Morgan fingerprint density at radius 2 is 2.26 bits per heavy atom. The summed E-state index contributed by atoms with van der Waals surface area (Å²) in [6.45, 7) is 2.92. The van der Waals surface area contributed by atoms with Crippen LogP contribution in [0, 0.1) is 0 Å². The molecule has 0 radical (unpaired) electrons. The molecule has 0 saturated heterocycles. The van der Waals surface area contributed by atoms with E-state index in [1.165, 1.54) is 0 Å². The minimum atomic E-state index is -0.0352. The summed E-state index contributed by atoms with van der Waals surface area (Å²) in [5.74, 6) is 5.66. The number of nitrogens with zero attached hydrogens (tertiary/aromatic N) is 2. The summed E-state index contributed by atoms with van der Waals surface area (Å²) >= 11 is 3.45. The summed E-state index contributed by atoms with van der Waals surface area (Å²) in [6.07, 6.45) is 4.64. The molecule has 0 aliphatic carbocycles. The number of halogens is 1. The van der Waals surface area contributed by atoms with Gasteiger partial charge in [0.05, 0.1) is 12.2 Å². The molecule has 0 spiro atoms. The van der Waals surface area contributed by atoms with E-state index in [1.807, 2.05) is 35.3 Å². The predicted octanol–water partition coefficient (Wildman–Crippen LogP) is 1.99. The van der Waals surface area contributed by atoms with Crippen LogP contribution in [0.25, 0.3) is 0 Å². The topological polar surface area (TPSA) is 81.9 Å². The average Bonchev–Trinajstić information content (AvgIpc) is 2.87. The van der Waals surface area contributed by atoms with Gasteiger partial charge in [-0.2, -0.15) is 5.10 Å². The van der Waals surface area contributed by atoms with Crippen molar-refractivity contribution in [3.8, 4) is 0 Å². The number of rotatable bonds is 5. The Labute approximate surface area is 121 Å². The number of hydrogen-bond donors (Lipinski definition) is 3. The first-order valence-corrected chi connectivity index (χ1v) is 6.95. The van der Waals surface area contributed by atoms with Crippen LogP contribution in [0.1, 0.15) is 24.1 Å². The molecule has 2 aromatic rings. The molecule has 1 aromatic carbocycles. The number of nitrogens with one attached hydrogen (secondary N) is 1. The first-order valence-electron chi connectivity index (χ1n) is 6.16. The Balaban J connectivity index is 2.22. The Morgan fingerprint density at radius 1 is 1.47 bits per heavy atom. The molecule has 102 valence electrons. The van der Waals surface area contributed by atoms with Crippen LogP contribution in [0.15, 0.2) is 35.1 Å². The number of hydrazine groups is 1. The molecule has 0 fully saturated rings. The van der Waals surface area contributed by atoms with Gasteiger partial charge in [0, 0.05) is 22.9 Å². The van der Waals surface area contributed by atoms with Crippen molar-refractivity contribution in [3.05, 3.63) is 46.2 Å². The highest BCUT2D eigenvalue weighted by molar-refractivity contribution is 9.10. The molecule has 0 aliphatic rings. The van der Waals surface area contributed by atoms with Crippen LogP contribution in [-0.4, -0.2) is 9.78 Å². The molecular formula is C13H18BrN5. The SMILES string of the molecule is CCn1cc(CC(NN)c2cc(Br)ccc2N)cn1. The number of nitrogens with two attached hydrogens (primary N) is 2. The molecule has 0 saturated carbocycles. The van der Waals surface area contributed by atoms with Gasteiger partial charge in [0.25, 0.3) is 0 Å². The van der Waals surface area contributed by atoms with Gasteiger partial charge in [-0.3, -0.25) is 16.0 Å². The summed E-state index contributed by atoms with van der Waals surface area (Å²) in [7, 11) is 0. The van der Waals surface area contributed by atoms with Crippen LogP contribution in [0.3, 0.4) is 0 Å². The van der Waals surface area contributed by atoms with E-state index < -0.39 is 0 Å². The van der Waals surface area contributed by atoms with Crippen molar-refractivity contribution in [2.75, 3.05) is 5.73 Å². The fraction of sp³-hybridized carbons (Fsp3) is 0.308. The predicted molar refractivity (Wildman–Crippen MR) is 80.2 cm³/mol. The lowest BCUT2D eigenvalue weighted by Gasteiger charge is -2.18. The quantitative estimate of drug-likeness (QED) is 0.446. The van der Waals surface area contributed by atoms with Crippen LogP contribution < -0.4 is 17.0 Å². The maximum atomic E-state index is 6.01. The Bertz CT molecular complexity index is 552. The van der Waals surface area contributed by atoms with E-state index in [9.17, 15) is 0 Å². The second kappa shape index (κ2) is 6.18. The van der Waals surface area contributed by atoms with Gasteiger partial charge in [0.2, 0.25) is 0 Å². The molecule has 1 atom stereocenters. The summed E-state index contributed by atoms with van der Waals surface area (Å²) in [4.78, 5) is 0. The smallest absolute Gasteiger partial charge is 0.0522 e. The lowest BCUT2D eigenvalue weighted by molar-refractivity contribution is 0.552. The summed E-state index contributed by atoms with van der Waals surface area (Å²) in [6, 6.07) is 5.75. The number of aromatic nitrogens is 2. The van der Waals surface area contributed by atoms with Crippen molar-refractivity contribution in [2.24, 2.45) is 5.84 Å². The Hall–Kier alpha value is -1.37. The van der Waals surface area contributed by atoms with Gasteiger partial charge in [-0.05, 0) is 42.7 Å². The second-order valence-corrected chi connectivity index (χ2v) is 5.32. The summed E-state index contributed by atoms with van der Waals surface area (Å²) < 4.78 is 2.88. The Kier molecular flexibility index (Phi) is 4.57. The van der Waals surface area contributed by atoms with E-state index in [-0.39, 0.29) is 6.04 Å². The minimum Gasteiger partial charge on any atom is -0.398 e. The van der Waals surface area contributed by atoms with Crippen molar-refractivity contribution in [2.45, 2.75) is 25.9 Å². The van der Waals surface area contributed by atoms with Gasteiger partial charge in [-0.25, -0.2) is 0 Å². The molecule has 0 aliphatic heterocycles. The molecule has 19 heavy (non-hydrogen) atoms. The fourth-order valence-corrected chi connectivity index (χ4v) is 2.41. The molecule has 1 aromatic heterocycles. The zero-order valence-corrected chi connectivity index (χ0v) is 12.4. The number of hydrogen-bond acceptors (Lipinski definition) is 4. The number of aryl methyl sites for hydroxylation is 1. The summed E-state index contributed by atoms with van der Waals surface area (Å²) in [5, 5.41) is 4.26. The number of anilines is 1. The average molecular weight is 324 g/mol. The van der Waals surface area contributed by atoms with Gasteiger partial charge in [-0.15, -0.1) is 0 Å². The van der Waals surface area contributed by atoms with Crippen LogP contribution in [0.2, 0.25) is 0 Å². The van der Waals surface area contributed by atoms with Gasteiger partial charge < -0.3 is 5.73 Å². The summed E-state index contributed by atoms with van der Waals surface area (Å²) in [5.41, 5.74) is 11.7. The van der Waals surface area contributed by atoms with E-state index in [4.69, 9.17) is 11.6 Å². The van der Waals surface area contributed by atoms with E-state index >= 15 is 0 Å². The normalized spacial score (nSPS) is 12.6. The molecule has 0 bridgehead atoms. The lowest BCUT2D eigenvalue weighted by Crippen LogP contribution is -2.30. The third-order valence-electron chi connectivity index (χ3n) is 3.08. The van der Waals surface area contributed by atoms with Gasteiger partial charge in [0.1, 0.15) is 0 Å². The highest BCUT2D eigenvalue weighted by atomic mass is 79.9. The van der Waals surface area contributed by atoms with Crippen LogP contribution >= 0.6 is 15.9 Å². The van der Waals surface area contributed by atoms with Crippen molar-refractivity contribution in [3.63, 3.8) is 0 Å². The van der Waals surface area contributed by atoms with E-state index in [2.05, 4.69) is 33.4 Å². The molecule has 0 amide bonds. The lowest BCUT2D eigenvalue weighted by atomic mass is 10.00. The van der Waals surface area contributed by atoms with Gasteiger partial charge in [0.15, 0.2) is 0 Å². The van der Waals surface area contributed by atoms with Crippen molar-refractivity contribution in [1.29, 1.82) is 0 Å². The maximum absolute atomic E-state index is 6.01. The first-order chi connectivity index (χ1) is 9.13. The minimum absolute atomic E-state index is 0.0352. The third kappa shape index (κ3) is 3.34. The molecular weight excluding hydrogens is 306 g/mol. The largest absolute Gasteiger partial charge is 0.398 e. The zero-order chi connectivity index (χ0) is 13.8. The van der Waals surface area contributed by atoms with Crippen LogP contribution in [-0.2, 0) is 13.0 Å². The van der Waals surface area contributed by atoms with Crippen molar-refractivity contribution >= 4 is 21.6 Å². The number of benzene rings is 1. The highest BCUT2D eigenvalue weighted by Crippen LogP contribution is 2.26. The number of nitrogen functional groups attached to an aromatic ring is 1. The van der Waals surface area contributed by atoms with Gasteiger partial charge in [-0.1, -0.05) is 15.9 Å². The van der Waals surface area contributed by atoms with E-state index in [0.717, 1.165) is 34.3 Å². The standard InChI is InChI=1S/C13H18BrN5/c1-2-19-8-9(7-17-19)5-13(18-16)11-6-10(14)3-4-12(11)15/h3-4,6-8,13,18H,2,5,15-16H2,1H3. The van der Waals surface area contributed by atoms with Crippen LogP contribution in [0.5, 0.6) is 0 Å². The van der Waals surface area contributed by atoms with Gasteiger partial charge >= 0.3 is 0 Å². The second-order valence-electron chi connectivity index (χ2n) is 4.40. The molecule has 2 rings (SSSR count).